The smallest absolute Gasteiger partial charge is 0.226 e. The topological polar surface area (TPSA) is 58.1 Å². The number of benzene rings is 1. The minimum Gasteiger partial charge on any atom is -0.354 e. The van der Waals surface area contributed by atoms with Gasteiger partial charge in [0, 0.05) is 37.0 Å². The molecule has 0 unspecified atom stereocenters. The van der Waals surface area contributed by atoms with E-state index in [2.05, 4.69) is 15.3 Å². The molecule has 2 heterocycles. The van der Waals surface area contributed by atoms with Crippen molar-refractivity contribution in [2.45, 2.75) is 25.2 Å². The monoisotopic (exact) mass is 390 g/mol. The summed E-state index contributed by atoms with van der Waals surface area (Å²) in [7, 11) is 0. The fraction of sp³-hybridized carbons (Fsp3) is 0.450. The average molecular weight is 390 g/mol. The molecule has 1 aliphatic heterocycles. The Bertz CT molecular complexity index is 833. The van der Waals surface area contributed by atoms with Gasteiger partial charge in [-0.1, -0.05) is 6.07 Å². The Labute approximate surface area is 161 Å². The lowest BCUT2D eigenvalue weighted by molar-refractivity contribution is -0.134. The van der Waals surface area contributed by atoms with Crippen LogP contribution in [-0.2, 0) is 4.79 Å². The summed E-state index contributed by atoms with van der Waals surface area (Å²) in [6.45, 7) is 1.90. The van der Waals surface area contributed by atoms with Crippen molar-refractivity contribution < 1.29 is 18.0 Å². The number of hydrogen-bond donors (Lipinski definition) is 1. The molecule has 1 saturated carbocycles. The SMILES string of the molecule is O=C([C@@H]1C[C@H]1c1c(F)cccc1F)N1CCC(CNc2ncc(F)cn2)CC1. The Balaban J connectivity index is 1.26. The van der Waals surface area contributed by atoms with E-state index in [-0.39, 0.29) is 23.3 Å². The van der Waals surface area contributed by atoms with Gasteiger partial charge in [0.2, 0.25) is 11.9 Å². The molecule has 5 nitrogen and oxygen atoms in total. The molecule has 1 N–H and O–H groups in total. The average Bonchev–Trinajstić information content (AvgIpc) is 3.48. The van der Waals surface area contributed by atoms with E-state index in [1.54, 1.807) is 4.90 Å². The molecule has 1 aromatic heterocycles. The number of carbonyl (C=O) groups excluding carboxylic acids is 1. The first-order chi connectivity index (χ1) is 13.5. The van der Waals surface area contributed by atoms with Crippen molar-refractivity contribution in [2.75, 3.05) is 25.0 Å². The Kier molecular flexibility index (Phi) is 5.19. The molecule has 2 atom stereocenters. The van der Waals surface area contributed by atoms with Crippen molar-refractivity contribution in [3.05, 3.63) is 53.6 Å². The Morgan fingerprint density at radius 2 is 1.75 bits per heavy atom. The van der Waals surface area contributed by atoms with E-state index in [9.17, 15) is 18.0 Å². The van der Waals surface area contributed by atoms with Gasteiger partial charge >= 0.3 is 0 Å². The van der Waals surface area contributed by atoms with Gasteiger partial charge in [-0.2, -0.15) is 0 Å². The lowest BCUT2D eigenvalue weighted by Crippen LogP contribution is -2.41. The summed E-state index contributed by atoms with van der Waals surface area (Å²) < 4.78 is 40.6. The highest BCUT2D eigenvalue weighted by atomic mass is 19.1. The van der Waals surface area contributed by atoms with Crippen LogP contribution >= 0.6 is 0 Å². The molecule has 4 rings (SSSR count). The van der Waals surface area contributed by atoms with E-state index in [0.29, 0.717) is 37.9 Å². The molecule has 0 spiro atoms. The highest BCUT2D eigenvalue weighted by Crippen LogP contribution is 2.50. The Morgan fingerprint density at radius 1 is 1.11 bits per heavy atom. The summed E-state index contributed by atoms with van der Waals surface area (Å²) >= 11 is 0. The zero-order valence-corrected chi connectivity index (χ0v) is 15.2. The lowest BCUT2D eigenvalue weighted by Gasteiger charge is -2.32. The second kappa shape index (κ2) is 7.77. The number of likely N-dealkylation sites (tertiary alicyclic amines) is 1. The number of aromatic nitrogens is 2. The van der Waals surface area contributed by atoms with Gasteiger partial charge in [0.15, 0.2) is 5.82 Å². The van der Waals surface area contributed by atoms with Crippen LogP contribution < -0.4 is 5.32 Å². The molecule has 2 aliphatic rings. The van der Waals surface area contributed by atoms with Gasteiger partial charge in [0.25, 0.3) is 0 Å². The fourth-order valence-electron chi connectivity index (χ4n) is 3.88. The van der Waals surface area contributed by atoms with Crippen molar-refractivity contribution in [1.82, 2.24) is 14.9 Å². The number of anilines is 1. The lowest BCUT2D eigenvalue weighted by atomic mass is 9.96. The second-order valence-corrected chi connectivity index (χ2v) is 7.46. The van der Waals surface area contributed by atoms with Crippen molar-refractivity contribution >= 4 is 11.9 Å². The van der Waals surface area contributed by atoms with Crippen LogP contribution in [0.4, 0.5) is 19.1 Å². The number of piperidine rings is 1. The van der Waals surface area contributed by atoms with Crippen LogP contribution in [0.2, 0.25) is 0 Å². The molecule has 2 aromatic rings. The van der Waals surface area contributed by atoms with Gasteiger partial charge in [0.1, 0.15) is 11.6 Å². The van der Waals surface area contributed by atoms with Gasteiger partial charge in [-0.3, -0.25) is 4.79 Å². The van der Waals surface area contributed by atoms with Crippen LogP contribution in [-0.4, -0.2) is 40.4 Å². The maximum Gasteiger partial charge on any atom is 0.226 e. The van der Waals surface area contributed by atoms with Gasteiger partial charge in [-0.25, -0.2) is 23.1 Å². The van der Waals surface area contributed by atoms with Crippen LogP contribution in [0.25, 0.3) is 0 Å². The minimum atomic E-state index is -0.576. The predicted molar refractivity (Wildman–Crippen MR) is 97.0 cm³/mol. The number of hydrogen-bond acceptors (Lipinski definition) is 4. The van der Waals surface area contributed by atoms with Crippen molar-refractivity contribution in [1.29, 1.82) is 0 Å². The maximum absolute atomic E-state index is 13.9. The van der Waals surface area contributed by atoms with E-state index in [4.69, 9.17) is 0 Å². The molecule has 148 valence electrons. The quantitative estimate of drug-likeness (QED) is 0.851. The summed E-state index contributed by atoms with van der Waals surface area (Å²) in [6, 6.07) is 3.81. The first kappa shape index (κ1) is 18.7. The molecule has 8 heteroatoms. The summed E-state index contributed by atoms with van der Waals surface area (Å²) in [5.41, 5.74) is 0.0410. The maximum atomic E-state index is 13.9. The molecule has 0 radical (unpaired) electrons. The predicted octanol–water partition coefficient (Wildman–Crippen LogP) is 3.35. The second-order valence-electron chi connectivity index (χ2n) is 7.46. The van der Waals surface area contributed by atoms with Crippen LogP contribution in [0, 0.1) is 29.3 Å². The van der Waals surface area contributed by atoms with Gasteiger partial charge in [-0.05, 0) is 37.3 Å². The van der Waals surface area contributed by atoms with Crippen LogP contribution in [0.5, 0.6) is 0 Å². The van der Waals surface area contributed by atoms with Crippen molar-refractivity contribution in [2.24, 2.45) is 11.8 Å². The molecule has 1 aliphatic carbocycles. The molecule has 1 aromatic carbocycles. The van der Waals surface area contributed by atoms with Crippen LogP contribution in [0.15, 0.2) is 30.6 Å². The van der Waals surface area contributed by atoms with E-state index in [0.717, 1.165) is 25.2 Å². The first-order valence-electron chi connectivity index (χ1n) is 9.47. The third-order valence-electron chi connectivity index (χ3n) is 5.57. The minimum absolute atomic E-state index is 0.0130. The normalized spacial score (nSPS) is 22.2. The number of halogens is 3. The third-order valence-corrected chi connectivity index (χ3v) is 5.57. The van der Waals surface area contributed by atoms with E-state index < -0.39 is 17.5 Å². The Hall–Kier alpha value is -2.64. The zero-order valence-electron chi connectivity index (χ0n) is 15.2. The highest BCUT2D eigenvalue weighted by molar-refractivity contribution is 5.83. The van der Waals surface area contributed by atoms with Crippen molar-refractivity contribution in [3.63, 3.8) is 0 Å². The number of carbonyl (C=O) groups is 1. The number of rotatable bonds is 5. The van der Waals surface area contributed by atoms with Gasteiger partial charge in [-0.15, -0.1) is 0 Å². The number of amides is 1. The number of nitrogens with zero attached hydrogens (tertiary/aromatic N) is 3. The Morgan fingerprint density at radius 3 is 2.39 bits per heavy atom. The van der Waals surface area contributed by atoms with E-state index >= 15 is 0 Å². The fourth-order valence-corrected chi connectivity index (χ4v) is 3.88. The molecule has 0 bridgehead atoms. The zero-order chi connectivity index (χ0) is 19.7. The first-order valence-corrected chi connectivity index (χ1v) is 9.47. The van der Waals surface area contributed by atoms with Gasteiger partial charge in [0.05, 0.1) is 12.4 Å². The summed E-state index contributed by atoms with van der Waals surface area (Å²) in [6.07, 6.45) is 4.37. The largest absolute Gasteiger partial charge is 0.354 e. The van der Waals surface area contributed by atoms with E-state index in [1.165, 1.54) is 18.2 Å². The van der Waals surface area contributed by atoms with Crippen LogP contribution in [0.3, 0.4) is 0 Å². The van der Waals surface area contributed by atoms with Gasteiger partial charge < -0.3 is 10.2 Å². The molecular formula is C20H21F3N4O. The number of nitrogens with one attached hydrogen (secondary N) is 1. The van der Waals surface area contributed by atoms with Crippen molar-refractivity contribution in [3.8, 4) is 0 Å². The molecule has 1 amide bonds. The molecule has 1 saturated heterocycles. The summed E-state index contributed by atoms with van der Waals surface area (Å²) in [5.74, 6) is -1.59. The summed E-state index contributed by atoms with van der Waals surface area (Å²) in [5, 5.41) is 3.09. The summed E-state index contributed by atoms with van der Waals surface area (Å²) in [4.78, 5) is 22.2. The molecule has 28 heavy (non-hydrogen) atoms. The van der Waals surface area contributed by atoms with E-state index in [1.807, 2.05) is 0 Å². The third kappa shape index (κ3) is 3.95. The van der Waals surface area contributed by atoms with Crippen LogP contribution in [0.1, 0.15) is 30.7 Å². The highest BCUT2D eigenvalue weighted by Gasteiger charge is 2.48. The standard InChI is InChI=1S/C20H21F3N4O/c21-13-10-25-20(26-11-13)24-9-12-4-6-27(7-5-12)19(28)15-8-14(15)18-16(22)2-1-3-17(18)23/h1-3,10-12,14-15H,4-9H2,(H,24,25,26)/t14-,15-/m1/s1. The molecule has 2 fully saturated rings. The molecular weight excluding hydrogens is 369 g/mol.